The molecular formula is C25H21F2NO. The highest BCUT2D eigenvalue weighted by atomic mass is 19.1. The summed E-state index contributed by atoms with van der Waals surface area (Å²) in [6, 6.07) is 20.1. The van der Waals surface area contributed by atoms with Crippen LogP contribution in [0.3, 0.4) is 0 Å². The second kappa shape index (κ2) is 8.00. The Morgan fingerprint density at radius 2 is 1.45 bits per heavy atom. The Hall–Kier alpha value is -3.27. The lowest BCUT2D eigenvalue weighted by Crippen LogP contribution is -2.11. The first-order valence-electron chi connectivity index (χ1n) is 9.71. The van der Waals surface area contributed by atoms with E-state index in [2.05, 4.69) is 4.57 Å². The average Bonchev–Trinajstić information content (AvgIpc) is 3.14. The molecule has 1 heterocycles. The van der Waals surface area contributed by atoms with Gasteiger partial charge >= 0.3 is 0 Å². The Morgan fingerprint density at radius 3 is 2.00 bits per heavy atom. The van der Waals surface area contributed by atoms with Gasteiger partial charge in [-0.3, -0.25) is 4.79 Å². The highest BCUT2D eigenvalue weighted by molar-refractivity contribution is 5.99. The summed E-state index contributed by atoms with van der Waals surface area (Å²) in [7, 11) is 0. The minimum absolute atomic E-state index is 0.135. The van der Waals surface area contributed by atoms with Gasteiger partial charge in [0.15, 0.2) is 5.78 Å². The van der Waals surface area contributed by atoms with Crippen LogP contribution in [0.15, 0.2) is 79.0 Å². The van der Waals surface area contributed by atoms with Crippen LogP contribution < -0.4 is 0 Å². The maximum Gasteiger partial charge on any atom is 0.162 e. The van der Waals surface area contributed by atoms with Gasteiger partial charge in [-0.2, -0.15) is 0 Å². The molecule has 0 spiro atoms. The number of halogens is 2. The molecule has 3 aromatic carbocycles. The van der Waals surface area contributed by atoms with Gasteiger partial charge in [-0.25, -0.2) is 8.78 Å². The zero-order valence-corrected chi connectivity index (χ0v) is 16.1. The highest BCUT2D eigenvalue weighted by Crippen LogP contribution is 2.32. The lowest BCUT2D eigenvalue weighted by molar-refractivity contribution is 0.0982. The van der Waals surface area contributed by atoms with Gasteiger partial charge in [0.05, 0.1) is 6.04 Å². The molecule has 0 aliphatic carbocycles. The van der Waals surface area contributed by atoms with Gasteiger partial charge in [-0.05, 0) is 66.1 Å². The van der Waals surface area contributed by atoms with Crippen LogP contribution in [-0.4, -0.2) is 10.4 Å². The molecule has 0 N–H and O–H groups in total. The molecule has 0 radical (unpaired) electrons. The van der Waals surface area contributed by atoms with Gasteiger partial charge in [0.25, 0.3) is 0 Å². The molecule has 0 aliphatic rings. The molecular weight excluding hydrogens is 368 g/mol. The van der Waals surface area contributed by atoms with Crippen molar-refractivity contribution >= 4 is 16.7 Å². The fourth-order valence-electron chi connectivity index (χ4n) is 3.74. The summed E-state index contributed by atoms with van der Waals surface area (Å²) >= 11 is 0. The molecule has 4 aromatic rings. The number of carbonyl (C=O) groups excluding carboxylic acids is 1. The summed E-state index contributed by atoms with van der Waals surface area (Å²) in [5.74, 6) is -0.470. The number of aromatic nitrogens is 1. The second-order valence-corrected chi connectivity index (χ2v) is 7.18. The summed E-state index contributed by atoms with van der Waals surface area (Å²) < 4.78 is 29.1. The maximum atomic E-state index is 13.5. The van der Waals surface area contributed by atoms with E-state index < -0.39 is 0 Å². The van der Waals surface area contributed by atoms with Gasteiger partial charge in [0.1, 0.15) is 11.6 Å². The van der Waals surface area contributed by atoms with Crippen LogP contribution in [-0.2, 0) is 0 Å². The van der Waals surface area contributed by atoms with Crippen LogP contribution in [0, 0.1) is 11.6 Å². The molecule has 0 unspecified atom stereocenters. The molecule has 2 nitrogen and oxygen atoms in total. The first-order chi connectivity index (χ1) is 14.1. The zero-order valence-electron chi connectivity index (χ0n) is 16.1. The quantitative estimate of drug-likeness (QED) is 0.343. The Labute approximate surface area is 168 Å². The van der Waals surface area contributed by atoms with Crippen molar-refractivity contribution in [2.75, 3.05) is 0 Å². The zero-order chi connectivity index (χ0) is 20.4. The number of hydrogen-bond donors (Lipinski definition) is 0. The molecule has 146 valence electrons. The number of carbonyl (C=O) groups is 1. The van der Waals surface area contributed by atoms with Crippen molar-refractivity contribution in [3.05, 3.63) is 107 Å². The van der Waals surface area contributed by atoms with E-state index in [1.807, 2.05) is 37.4 Å². The largest absolute Gasteiger partial charge is 0.336 e. The summed E-state index contributed by atoms with van der Waals surface area (Å²) in [6.07, 6.45) is 3.30. The number of hydrogen-bond acceptors (Lipinski definition) is 1. The van der Waals surface area contributed by atoms with Crippen molar-refractivity contribution in [2.24, 2.45) is 0 Å². The highest BCUT2D eigenvalue weighted by Gasteiger charge is 2.19. The smallest absolute Gasteiger partial charge is 0.162 e. The molecule has 0 saturated heterocycles. The van der Waals surface area contributed by atoms with Crippen molar-refractivity contribution in [1.82, 2.24) is 4.57 Å². The van der Waals surface area contributed by atoms with E-state index in [0.29, 0.717) is 12.0 Å². The van der Waals surface area contributed by atoms with Gasteiger partial charge < -0.3 is 4.57 Å². The first-order valence-corrected chi connectivity index (χ1v) is 9.71. The van der Waals surface area contributed by atoms with Crippen molar-refractivity contribution in [1.29, 1.82) is 0 Å². The van der Waals surface area contributed by atoms with E-state index in [0.717, 1.165) is 28.5 Å². The van der Waals surface area contributed by atoms with Gasteiger partial charge in [0, 0.05) is 29.1 Å². The third-order valence-corrected chi connectivity index (χ3v) is 5.17. The van der Waals surface area contributed by atoms with Gasteiger partial charge in [-0.15, -0.1) is 0 Å². The number of benzene rings is 3. The Balaban J connectivity index is 1.84. The summed E-state index contributed by atoms with van der Waals surface area (Å²) in [5.41, 5.74) is 3.44. The Bertz CT molecular complexity index is 1100. The van der Waals surface area contributed by atoms with Crippen molar-refractivity contribution < 1.29 is 13.6 Å². The van der Waals surface area contributed by atoms with E-state index in [1.165, 1.54) is 24.3 Å². The minimum atomic E-state index is -0.303. The van der Waals surface area contributed by atoms with Crippen LogP contribution in [0.5, 0.6) is 0 Å². The SMILES string of the molecule is CCCC(=O)c1ccc2c(ccn2C(c2ccc(F)cc2)c2ccc(F)cc2)c1. The van der Waals surface area contributed by atoms with E-state index in [1.54, 1.807) is 24.3 Å². The fraction of sp³-hybridized carbons (Fsp3) is 0.160. The standard InChI is InChI=1S/C25H21F2NO/c1-2-3-24(29)20-8-13-23-19(16-20)14-15-28(23)25(17-4-9-21(26)10-5-17)18-6-11-22(27)12-7-18/h4-16,25H,2-3H2,1H3. The number of fused-ring (bicyclic) bond motifs is 1. The van der Waals surface area contributed by atoms with E-state index in [4.69, 9.17) is 0 Å². The number of ketones is 1. The topological polar surface area (TPSA) is 22.0 Å². The van der Waals surface area contributed by atoms with E-state index >= 15 is 0 Å². The summed E-state index contributed by atoms with van der Waals surface area (Å²) in [6.45, 7) is 1.99. The predicted molar refractivity (Wildman–Crippen MR) is 111 cm³/mol. The number of rotatable bonds is 6. The molecule has 0 bridgehead atoms. The monoisotopic (exact) mass is 389 g/mol. The summed E-state index contributed by atoms with van der Waals surface area (Å²) in [4.78, 5) is 12.3. The van der Waals surface area contributed by atoms with Crippen LogP contribution in [0.4, 0.5) is 8.78 Å². The third-order valence-electron chi connectivity index (χ3n) is 5.17. The Morgan fingerprint density at radius 1 is 0.862 bits per heavy atom. The van der Waals surface area contributed by atoms with E-state index in [9.17, 15) is 13.6 Å². The molecule has 29 heavy (non-hydrogen) atoms. The number of Topliss-reactive ketones (excluding diaryl/α,β-unsaturated/α-hetero) is 1. The number of nitrogens with zero attached hydrogens (tertiary/aromatic N) is 1. The predicted octanol–water partition coefficient (Wildman–Crippen LogP) is 6.54. The third kappa shape index (κ3) is 3.83. The Kier molecular flexibility index (Phi) is 5.26. The molecule has 0 atom stereocenters. The molecule has 4 heteroatoms. The molecule has 0 saturated carbocycles. The van der Waals surface area contributed by atoms with Crippen LogP contribution in [0.2, 0.25) is 0 Å². The van der Waals surface area contributed by atoms with Gasteiger partial charge in [0.2, 0.25) is 0 Å². The van der Waals surface area contributed by atoms with Crippen molar-refractivity contribution in [3.8, 4) is 0 Å². The molecule has 1 aromatic heterocycles. The van der Waals surface area contributed by atoms with Crippen molar-refractivity contribution in [3.63, 3.8) is 0 Å². The van der Waals surface area contributed by atoms with Gasteiger partial charge in [-0.1, -0.05) is 31.2 Å². The van der Waals surface area contributed by atoms with Crippen LogP contribution >= 0.6 is 0 Å². The molecule has 0 aliphatic heterocycles. The van der Waals surface area contributed by atoms with E-state index in [-0.39, 0.29) is 23.5 Å². The molecule has 0 fully saturated rings. The van der Waals surface area contributed by atoms with Crippen LogP contribution in [0.25, 0.3) is 10.9 Å². The molecule has 0 amide bonds. The maximum absolute atomic E-state index is 13.5. The summed E-state index contributed by atoms with van der Waals surface area (Å²) in [5, 5.41) is 0.959. The fourth-order valence-corrected chi connectivity index (χ4v) is 3.74. The average molecular weight is 389 g/mol. The lowest BCUT2D eigenvalue weighted by atomic mass is 9.98. The first kappa shape index (κ1) is 19.1. The molecule has 4 rings (SSSR count). The van der Waals surface area contributed by atoms with Crippen molar-refractivity contribution in [2.45, 2.75) is 25.8 Å². The minimum Gasteiger partial charge on any atom is -0.336 e. The van der Waals surface area contributed by atoms with Crippen LogP contribution in [0.1, 0.15) is 47.3 Å². The normalized spacial score (nSPS) is 11.3. The lowest BCUT2D eigenvalue weighted by Gasteiger charge is -2.22. The second-order valence-electron chi connectivity index (χ2n) is 7.18.